The molecule has 3 aromatic rings. The van der Waals surface area contributed by atoms with Crippen molar-refractivity contribution in [1.29, 1.82) is 0 Å². The van der Waals surface area contributed by atoms with Crippen LogP contribution in [0.3, 0.4) is 0 Å². The number of hydrogen-bond acceptors (Lipinski definition) is 4. The molecule has 1 N–H and O–H groups in total. The van der Waals surface area contributed by atoms with Crippen LogP contribution in [-0.4, -0.2) is 26.3 Å². The minimum absolute atomic E-state index is 0.751. The van der Waals surface area contributed by atoms with Crippen molar-refractivity contribution < 1.29 is 0 Å². The molecule has 2 aromatic heterocycles. The van der Waals surface area contributed by atoms with E-state index in [1.165, 1.54) is 5.56 Å². The number of pyridine rings is 1. The number of halogens is 1. The van der Waals surface area contributed by atoms with Gasteiger partial charge in [0, 0.05) is 29.7 Å². The van der Waals surface area contributed by atoms with Gasteiger partial charge in [-0.15, -0.1) is 10.2 Å². The van der Waals surface area contributed by atoms with Gasteiger partial charge in [-0.1, -0.05) is 17.7 Å². The van der Waals surface area contributed by atoms with Crippen LogP contribution >= 0.6 is 11.6 Å². The molecule has 0 bridgehead atoms. The maximum absolute atomic E-state index is 6.21. The summed E-state index contributed by atoms with van der Waals surface area (Å²) in [6.07, 6.45) is 7.51. The molecular formula is C16H18ClN5. The maximum atomic E-state index is 6.21. The fourth-order valence-electron chi connectivity index (χ4n) is 2.44. The van der Waals surface area contributed by atoms with Gasteiger partial charge in [0.2, 0.25) is 0 Å². The second-order valence-electron chi connectivity index (χ2n) is 5.19. The predicted molar refractivity (Wildman–Crippen MR) is 87.7 cm³/mol. The van der Waals surface area contributed by atoms with Crippen LogP contribution in [0.1, 0.15) is 18.4 Å². The molecule has 0 radical (unpaired) electrons. The first-order chi connectivity index (χ1) is 10.8. The molecule has 5 nitrogen and oxygen atoms in total. The van der Waals surface area contributed by atoms with E-state index in [0.29, 0.717) is 0 Å². The molecule has 0 unspecified atom stereocenters. The van der Waals surface area contributed by atoms with Gasteiger partial charge in [0.25, 0.3) is 0 Å². The number of aromatic nitrogens is 4. The average Bonchev–Trinajstić information content (AvgIpc) is 3.06. The van der Waals surface area contributed by atoms with E-state index in [0.717, 1.165) is 48.4 Å². The Morgan fingerprint density at radius 1 is 1.09 bits per heavy atom. The fourth-order valence-corrected chi connectivity index (χ4v) is 2.66. The molecule has 0 fully saturated rings. The van der Waals surface area contributed by atoms with Crippen LogP contribution in [0.15, 0.2) is 43.1 Å². The summed E-state index contributed by atoms with van der Waals surface area (Å²) in [6, 6.07) is 7.90. The standard InChI is InChI=1S/C16H18ClN5/c17-15-6-5-13(16-14(15)4-3-8-19-16)10-18-7-1-2-9-22-11-20-21-12-22/h3-6,8,11-12,18H,1-2,7,9-10H2. The van der Waals surface area contributed by atoms with Crippen LogP contribution in [0.5, 0.6) is 0 Å². The molecule has 114 valence electrons. The summed E-state index contributed by atoms with van der Waals surface area (Å²) < 4.78 is 2.00. The van der Waals surface area contributed by atoms with Crippen molar-refractivity contribution in [3.63, 3.8) is 0 Å². The highest BCUT2D eigenvalue weighted by Crippen LogP contribution is 2.24. The molecule has 3 rings (SSSR count). The Balaban J connectivity index is 1.49. The highest BCUT2D eigenvalue weighted by Gasteiger charge is 2.05. The first-order valence-corrected chi connectivity index (χ1v) is 7.77. The lowest BCUT2D eigenvalue weighted by molar-refractivity contribution is 0.568. The van der Waals surface area contributed by atoms with Gasteiger partial charge in [0.15, 0.2) is 0 Å². The highest BCUT2D eigenvalue weighted by molar-refractivity contribution is 6.35. The molecule has 0 spiro atoms. The topological polar surface area (TPSA) is 55.6 Å². The lowest BCUT2D eigenvalue weighted by atomic mass is 10.1. The van der Waals surface area contributed by atoms with Crippen molar-refractivity contribution in [3.05, 3.63) is 53.7 Å². The maximum Gasteiger partial charge on any atom is 0.119 e. The van der Waals surface area contributed by atoms with E-state index in [-0.39, 0.29) is 0 Å². The average molecular weight is 316 g/mol. The Morgan fingerprint density at radius 2 is 1.95 bits per heavy atom. The van der Waals surface area contributed by atoms with Gasteiger partial charge < -0.3 is 9.88 Å². The number of fused-ring (bicyclic) bond motifs is 1. The molecule has 0 saturated heterocycles. The summed E-state index contributed by atoms with van der Waals surface area (Å²) >= 11 is 6.21. The smallest absolute Gasteiger partial charge is 0.119 e. The summed E-state index contributed by atoms with van der Waals surface area (Å²) in [5, 5.41) is 12.8. The van der Waals surface area contributed by atoms with Gasteiger partial charge in [-0.05, 0) is 43.1 Å². The van der Waals surface area contributed by atoms with Crippen molar-refractivity contribution in [3.8, 4) is 0 Å². The second kappa shape index (κ2) is 7.33. The van der Waals surface area contributed by atoms with E-state index < -0.39 is 0 Å². The first kappa shape index (κ1) is 14.9. The summed E-state index contributed by atoms with van der Waals surface area (Å²) in [4.78, 5) is 4.45. The Morgan fingerprint density at radius 3 is 2.82 bits per heavy atom. The summed E-state index contributed by atoms with van der Waals surface area (Å²) in [5.41, 5.74) is 2.16. The Kier molecular flexibility index (Phi) is 4.98. The molecule has 0 aliphatic carbocycles. The van der Waals surface area contributed by atoms with Crippen molar-refractivity contribution in [2.24, 2.45) is 0 Å². The van der Waals surface area contributed by atoms with Crippen molar-refractivity contribution in [2.75, 3.05) is 6.54 Å². The highest BCUT2D eigenvalue weighted by atomic mass is 35.5. The SMILES string of the molecule is Clc1ccc(CNCCCCn2cnnc2)c2ncccc12. The third-order valence-corrected chi connectivity index (χ3v) is 3.93. The summed E-state index contributed by atoms with van der Waals surface area (Å²) in [6.45, 7) is 2.73. The molecule has 0 saturated carbocycles. The first-order valence-electron chi connectivity index (χ1n) is 7.40. The van der Waals surface area contributed by atoms with Gasteiger partial charge in [0.05, 0.1) is 5.52 Å². The molecule has 6 heteroatoms. The third-order valence-electron chi connectivity index (χ3n) is 3.60. The van der Waals surface area contributed by atoms with Crippen molar-refractivity contribution >= 4 is 22.5 Å². The normalized spacial score (nSPS) is 11.1. The quantitative estimate of drug-likeness (QED) is 0.681. The van der Waals surface area contributed by atoms with Crippen LogP contribution < -0.4 is 5.32 Å². The molecule has 0 amide bonds. The van der Waals surface area contributed by atoms with E-state index in [1.54, 1.807) is 18.9 Å². The molecule has 1 aromatic carbocycles. The van der Waals surface area contributed by atoms with Gasteiger partial charge >= 0.3 is 0 Å². The monoisotopic (exact) mass is 315 g/mol. The van der Waals surface area contributed by atoms with Gasteiger partial charge in [-0.2, -0.15) is 0 Å². The second-order valence-corrected chi connectivity index (χ2v) is 5.60. The fraction of sp³-hybridized carbons (Fsp3) is 0.312. The van der Waals surface area contributed by atoms with E-state index in [9.17, 15) is 0 Å². The van der Waals surface area contributed by atoms with Crippen molar-refractivity contribution in [1.82, 2.24) is 25.1 Å². The number of hydrogen-bond donors (Lipinski definition) is 1. The number of rotatable bonds is 7. The molecule has 2 heterocycles. The van der Waals surface area contributed by atoms with Gasteiger partial charge in [0.1, 0.15) is 12.7 Å². The zero-order chi connectivity index (χ0) is 15.2. The van der Waals surface area contributed by atoms with E-state index in [1.807, 2.05) is 28.8 Å². The summed E-state index contributed by atoms with van der Waals surface area (Å²) in [7, 11) is 0. The number of aryl methyl sites for hydroxylation is 1. The van der Waals surface area contributed by atoms with E-state index >= 15 is 0 Å². The van der Waals surface area contributed by atoms with Crippen LogP contribution in [0.4, 0.5) is 0 Å². The van der Waals surface area contributed by atoms with Crippen LogP contribution in [-0.2, 0) is 13.1 Å². The Bertz CT molecular complexity index is 726. The molecular weight excluding hydrogens is 298 g/mol. The predicted octanol–water partition coefficient (Wildman–Crippen LogP) is 3.05. The number of benzene rings is 1. The molecule has 22 heavy (non-hydrogen) atoms. The van der Waals surface area contributed by atoms with Gasteiger partial charge in [-0.25, -0.2) is 0 Å². The van der Waals surface area contributed by atoms with E-state index in [4.69, 9.17) is 11.6 Å². The number of unbranched alkanes of at least 4 members (excludes halogenated alkanes) is 1. The zero-order valence-corrected chi connectivity index (χ0v) is 13.0. The Labute approximate surface area is 134 Å². The number of nitrogens with zero attached hydrogens (tertiary/aromatic N) is 4. The molecule has 0 aliphatic heterocycles. The minimum atomic E-state index is 0.751. The Hall–Kier alpha value is -1.98. The zero-order valence-electron chi connectivity index (χ0n) is 12.2. The lowest BCUT2D eigenvalue weighted by Crippen LogP contribution is -2.15. The summed E-state index contributed by atoms with van der Waals surface area (Å²) in [5.74, 6) is 0. The minimum Gasteiger partial charge on any atom is -0.320 e. The lowest BCUT2D eigenvalue weighted by Gasteiger charge is -2.09. The van der Waals surface area contributed by atoms with Crippen LogP contribution in [0.2, 0.25) is 5.02 Å². The number of nitrogens with one attached hydrogen (secondary N) is 1. The van der Waals surface area contributed by atoms with Gasteiger partial charge in [-0.3, -0.25) is 4.98 Å². The van der Waals surface area contributed by atoms with Crippen LogP contribution in [0.25, 0.3) is 10.9 Å². The molecule has 0 atom stereocenters. The van der Waals surface area contributed by atoms with Crippen molar-refractivity contribution in [2.45, 2.75) is 25.9 Å². The van der Waals surface area contributed by atoms with E-state index in [2.05, 4.69) is 20.5 Å². The third kappa shape index (κ3) is 3.61. The largest absolute Gasteiger partial charge is 0.320 e. The molecule has 0 aliphatic rings. The van der Waals surface area contributed by atoms with Crippen LogP contribution in [0, 0.1) is 0 Å².